The van der Waals surface area contributed by atoms with Gasteiger partial charge in [-0.2, -0.15) is 0 Å². The molecule has 0 amide bonds. The lowest BCUT2D eigenvalue weighted by molar-refractivity contribution is 0.00998. The van der Waals surface area contributed by atoms with Crippen molar-refractivity contribution < 1.29 is 5.11 Å². The number of rotatable bonds is 3. The molecule has 3 rings (SSSR count). The van der Waals surface area contributed by atoms with Gasteiger partial charge in [0.05, 0.1) is 0 Å². The average molecular weight is 273 g/mol. The molecule has 1 unspecified atom stereocenters. The lowest BCUT2D eigenvalue weighted by atomic mass is 9.58. The summed E-state index contributed by atoms with van der Waals surface area (Å²) >= 11 is 0. The zero-order chi connectivity index (χ0) is 14.2. The number of hydrogen-bond acceptors (Lipinski definition) is 2. The van der Waals surface area contributed by atoms with E-state index >= 15 is 0 Å². The van der Waals surface area contributed by atoms with Crippen LogP contribution in [0.4, 0.5) is 0 Å². The molecule has 2 nitrogen and oxygen atoms in total. The summed E-state index contributed by atoms with van der Waals surface area (Å²) < 4.78 is 0. The van der Waals surface area contributed by atoms with Crippen molar-refractivity contribution in [2.75, 3.05) is 13.1 Å². The maximum Gasteiger partial charge on any atom is 0.115 e. The van der Waals surface area contributed by atoms with Crippen LogP contribution in [0.1, 0.15) is 51.5 Å². The van der Waals surface area contributed by atoms with Gasteiger partial charge in [-0.1, -0.05) is 32.4 Å². The second kappa shape index (κ2) is 5.40. The summed E-state index contributed by atoms with van der Waals surface area (Å²) in [6.45, 7) is 7.15. The number of fused-ring (bicyclic) bond motifs is 2. The summed E-state index contributed by atoms with van der Waals surface area (Å²) in [4.78, 5) is 2.71. The standard InChI is InChI=1S/C18H27NO/c1-3-10-19-13-14(2)18(9-5-7-16(19)12-18)15-6-4-8-17(20)11-15/h4,6,8,11,14,16,20H,3,5,7,9-10,12-13H2,1-2H3/t14-,16?,18-/m0/s1. The molecule has 3 atom stereocenters. The minimum absolute atomic E-state index is 0.298. The highest BCUT2D eigenvalue weighted by atomic mass is 16.3. The van der Waals surface area contributed by atoms with Gasteiger partial charge in [-0.25, -0.2) is 0 Å². The zero-order valence-electron chi connectivity index (χ0n) is 12.8. The van der Waals surface area contributed by atoms with Crippen LogP contribution in [0.25, 0.3) is 0 Å². The SMILES string of the molecule is CCCN1C[C@H](C)[C@]2(c3cccc(O)c3)CCCC1C2. The average Bonchev–Trinajstić information content (AvgIpc) is 2.45. The Bertz CT molecular complexity index is 472. The van der Waals surface area contributed by atoms with Crippen molar-refractivity contribution in [1.29, 1.82) is 0 Å². The van der Waals surface area contributed by atoms with Crippen LogP contribution in [-0.2, 0) is 5.41 Å². The number of hydrogen-bond donors (Lipinski definition) is 1. The van der Waals surface area contributed by atoms with Gasteiger partial charge < -0.3 is 10.0 Å². The number of benzene rings is 1. The van der Waals surface area contributed by atoms with Crippen LogP contribution in [0.5, 0.6) is 5.75 Å². The van der Waals surface area contributed by atoms with Gasteiger partial charge in [-0.3, -0.25) is 0 Å². The topological polar surface area (TPSA) is 23.5 Å². The van der Waals surface area contributed by atoms with Crippen LogP contribution in [0.3, 0.4) is 0 Å². The largest absolute Gasteiger partial charge is 0.508 e. The predicted octanol–water partition coefficient (Wildman–Crippen LogP) is 3.93. The minimum atomic E-state index is 0.298. The van der Waals surface area contributed by atoms with E-state index in [4.69, 9.17) is 0 Å². The van der Waals surface area contributed by atoms with Gasteiger partial charge in [0.15, 0.2) is 0 Å². The predicted molar refractivity (Wildman–Crippen MR) is 83.1 cm³/mol. The molecule has 1 N–H and O–H groups in total. The van der Waals surface area contributed by atoms with Gasteiger partial charge in [-0.05, 0) is 55.8 Å². The van der Waals surface area contributed by atoms with E-state index in [1.807, 2.05) is 12.1 Å². The van der Waals surface area contributed by atoms with E-state index in [0.717, 1.165) is 6.04 Å². The van der Waals surface area contributed by atoms with Crippen molar-refractivity contribution in [3.63, 3.8) is 0 Å². The molecule has 1 aromatic carbocycles. The lowest BCUT2D eigenvalue weighted by Gasteiger charge is -2.54. The second-order valence-electron chi connectivity index (χ2n) is 6.85. The van der Waals surface area contributed by atoms with Crippen molar-refractivity contribution >= 4 is 0 Å². The van der Waals surface area contributed by atoms with Crippen LogP contribution < -0.4 is 0 Å². The maximum absolute atomic E-state index is 9.85. The fourth-order valence-corrected chi connectivity index (χ4v) is 4.64. The van der Waals surface area contributed by atoms with E-state index in [1.54, 1.807) is 6.07 Å². The smallest absolute Gasteiger partial charge is 0.115 e. The molecule has 20 heavy (non-hydrogen) atoms. The molecule has 0 radical (unpaired) electrons. The van der Waals surface area contributed by atoms with E-state index in [1.165, 1.54) is 50.8 Å². The molecule has 0 spiro atoms. The van der Waals surface area contributed by atoms with Gasteiger partial charge >= 0.3 is 0 Å². The van der Waals surface area contributed by atoms with Crippen LogP contribution in [-0.4, -0.2) is 29.1 Å². The fraction of sp³-hybridized carbons (Fsp3) is 0.667. The van der Waals surface area contributed by atoms with E-state index in [0.29, 0.717) is 17.1 Å². The Morgan fingerprint density at radius 3 is 3.00 bits per heavy atom. The zero-order valence-corrected chi connectivity index (χ0v) is 12.8. The van der Waals surface area contributed by atoms with Gasteiger partial charge in [0.25, 0.3) is 0 Å². The van der Waals surface area contributed by atoms with Gasteiger partial charge in [0.1, 0.15) is 5.75 Å². The molecule has 110 valence electrons. The monoisotopic (exact) mass is 273 g/mol. The van der Waals surface area contributed by atoms with Crippen molar-refractivity contribution in [3.8, 4) is 5.75 Å². The van der Waals surface area contributed by atoms with Gasteiger partial charge in [-0.15, -0.1) is 0 Å². The quantitative estimate of drug-likeness (QED) is 0.902. The third-order valence-electron chi connectivity index (χ3n) is 5.66. The Morgan fingerprint density at radius 2 is 2.25 bits per heavy atom. The number of phenols is 1. The Morgan fingerprint density at radius 1 is 1.40 bits per heavy atom. The molecule has 2 bridgehead atoms. The van der Waals surface area contributed by atoms with Crippen LogP contribution >= 0.6 is 0 Å². The van der Waals surface area contributed by atoms with Crippen LogP contribution in [0.2, 0.25) is 0 Å². The summed E-state index contributed by atoms with van der Waals surface area (Å²) in [6, 6.07) is 8.79. The van der Waals surface area contributed by atoms with Gasteiger partial charge in [0.2, 0.25) is 0 Å². The molecular weight excluding hydrogens is 246 g/mol. The second-order valence-corrected chi connectivity index (χ2v) is 6.85. The summed E-state index contributed by atoms with van der Waals surface area (Å²) in [5.41, 5.74) is 1.66. The third kappa shape index (κ3) is 2.24. The lowest BCUT2D eigenvalue weighted by Crippen LogP contribution is -2.56. The molecular formula is C18H27NO. The number of aromatic hydroxyl groups is 1. The van der Waals surface area contributed by atoms with Crippen molar-refractivity contribution in [3.05, 3.63) is 29.8 Å². The highest BCUT2D eigenvalue weighted by Gasteiger charge is 2.47. The molecule has 1 saturated heterocycles. The number of piperidine rings is 1. The van der Waals surface area contributed by atoms with Crippen molar-refractivity contribution in [2.45, 2.75) is 57.4 Å². The molecule has 0 aromatic heterocycles. The van der Waals surface area contributed by atoms with Crippen LogP contribution in [0, 0.1) is 5.92 Å². The molecule has 2 heteroatoms. The molecule has 2 fully saturated rings. The van der Waals surface area contributed by atoms with Crippen molar-refractivity contribution in [1.82, 2.24) is 4.90 Å². The number of likely N-dealkylation sites (tertiary alicyclic amines) is 1. The number of nitrogens with zero attached hydrogens (tertiary/aromatic N) is 1. The number of phenolic OH excluding ortho intramolecular Hbond substituents is 1. The molecule has 1 saturated carbocycles. The maximum atomic E-state index is 9.85. The van der Waals surface area contributed by atoms with E-state index in [2.05, 4.69) is 24.8 Å². The van der Waals surface area contributed by atoms with E-state index < -0.39 is 0 Å². The first-order chi connectivity index (χ1) is 9.65. The first-order valence-corrected chi connectivity index (χ1v) is 8.19. The molecule has 2 aliphatic rings. The molecule has 1 aliphatic carbocycles. The highest BCUT2D eigenvalue weighted by molar-refractivity contribution is 5.35. The molecule has 1 aromatic rings. The molecule has 1 heterocycles. The van der Waals surface area contributed by atoms with Crippen molar-refractivity contribution in [2.24, 2.45) is 5.92 Å². The van der Waals surface area contributed by atoms with E-state index in [9.17, 15) is 5.11 Å². The minimum Gasteiger partial charge on any atom is -0.508 e. The Labute approximate surface area is 122 Å². The summed E-state index contributed by atoms with van der Waals surface area (Å²) in [5.74, 6) is 1.09. The third-order valence-corrected chi connectivity index (χ3v) is 5.66. The van der Waals surface area contributed by atoms with Crippen LogP contribution in [0.15, 0.2) is 24.3 Å². The normalized spacial score (nSPS) is 34.1. The highest BCUT2D eigenvalue weighted by Crippen LogP contribution is 2.50. The Kier molecular flexibility index (Phi) is 3.76. The Balaban J connectivity index is 1.92. The molecule has 1 aliphatic heterocycles. The first-order valence-electron chi connectivity index (χ1n) is 8.19. The fourth-order valence-electron chi connectivity index (χ4n) is 4.64. The Hall–Kier alpha value is -1.02. The summed E-state index contributed by atoms with van der Waals surface area (Å²) in [5, 5.41) is 9.85. The summed E-state index contributed by atoms with van der Waals surface area (Å²) in [7, 11) is 0. The van der Waals surface area contributed by atoms with E-state index in [-0.39, 0.29) is 0 Å². The first kappa shape index (κ1) is 13.9. The van der Waals surface area contributed by atoms with Gasteiger partial charge in [0, 0.05) is 18.0 Å². The summed E-state index contributed by atoms with van der Waals surface area (Å²) in [6.07, 6.45) is 6.49.